The van der Waals surface area contributed by atoms with E-state index in [2.05, 4.69) is 49.7 Å². The zero-order valence-electron chi connectivity index (χ0n) is 16.7. The first-order valence-corrected chi connectivity index (χ1v) is 10.0. The predicted molar refractivity (Wildman–Crippen MR) is 114 cm³/mol. The van der Waals surface area contributed by atoms with E-state index in [0.29, 0.717) is 17.3 Å². The third kappa shape index (κ3) is 3.67. The van der Waals surface area contributed by atoms with Crippen LogP contribution in [-0.2, 0) is 19.5 Å². The second-order valence-electron chi connectivity index (χ2n) is 7.64. The molecule has 1 aliphatic heterocycles. The van der Waals surface area contributed by atoms with Crippen LogP contribution in [0.25, 0.3) is 5.78 Å². The first kappa shape index (κ1) is 18.4. The number of benzene rings is 2. The van der Waals surface area contributed by atoms with Gasteiger partial charge < -0.3 is 0 Å². The van der Waals surface area contributed by atoms with E-state index in [9.17, 15) is 4.79 Å². The first-order valence-electron chi connectivity index (χ1n) is 10.0. The first-order chi connectivity index (χ1) is 14.7. The van der Waals surface area contributed by atoms with Crippen LogP contribution in [-0.4, -0.2) is 36.9 Å². The Labute approximate surface area is 174 Å². The van der Waals surface area contributed by atoms with E-state index in [-0.39, 0.29) is 5.91 Å². The molecule has 2 aromatic heterocycles. The number of fused-ring (bicyclic) bond motifs is 2. The van der Waals surface area contributed by atoms with Gasteiger partial charge in [0.2, 0.25) is 5.95 Å². The maximum absolute atomic E-state index is 12.6. The van der Waals surface area contributed by atoms with Gasteiger partial charge in [0.1, 0.15) is 0 Å². The minimum Gasteiger partial charge on any atom is -0.294 e. The third-order valence-corrected chi connectivity index (χ3v) is 5.48. The average Bonchev–Trinajstić information content (AvgIpc) is 3.15. The summed E-state index contributed by atoms with van der Waals surface area (Å²) in [6, 6.07) is 18.2. The van der Waals surface area contributed by atoms with E-state index in [1.165, 1.54) is 16.7 Å². The van der Waals surface area contributed by atoms with Crippen LogP contribution in [0.2, 0.25) is 0 Å². The van der Waals surface area contributed by atoms with Crippen LogP contribution in [0.3, 0.4) is 0 Å². The molecule has 3 heterocycles. The fraction of sp³-hybridized carbons (Fsp3) is 0.217. The quantitative estimate of drug-likeness (QED) is 0.571. The van der Waals surface area contributed by atoms with Gasteiger partial charge in [0.15, 0.2) is 0 Å². The third-order valence-electron chi connectivity index (χ3n) is 5.48. The summed E-state index contributed by atoms with van der Waals surface area (Å²) >= 11 is 0. The summed E-state index contributed by atoms with van der Waals surface area (Å²) in [6.07, 6.45) is 2.88. The van der Waals surface area contributed by atoms with Crippen molar-refractivity contribution >= 4 is 17.6 Å². The van der Waals surface area contributed by atoms with Crippen LogP contribution in [0.1, 0.15) is 32.7 Å². The summed E-state index contributed by atoms with van der Waals surface area (Å²) < 4.78 is 1.66. The number of aryl methyl sites for hydroxylation is 1. The number of rotatable bonds is 4. The van der Waals surface area contributed by atoms with Gasteiger partial charge in [-0.2, -0.15) is 0 Å². The van der Waals surface area contributed by atoms with Crippen molar-refractivity contribution in [3.63, 3.8) is 0 Å². The molecule has 0 aliphatic carbocycles. The number of anilines is 1. The van der Waals surface area contributed by atoms with Gasteiger partial charge in [-0.25, -0.2) is 4.98 Å². The van der Waals surface area contributed by atoms with Gasteiger partial charge in [0, 0.05) is 37.1 Å². The van der Waals surface area contributed by atoms with Gasteiger partial charge in [-0.3, -0.25) is 19.4 Å². The topological polar surface area (TPSA) is 75.4 Å². The molecule has 0 bridgehead atoms. The van der Waals surface area contributed by atoms with E-state index < -0.39 is 0 Å². The summed E-state index contributed by atoms with van der Waals surface area (Å²) in [5.41, 5.74) is 5.48. The average molecular weight is 398 g/mol. The molecule has 0 spiro atoms. The van der Waals surface area contributed by atoms with Crippen LogP contribution in [0, 0.1) is 6.92 Å². The highest BCUT2D eigenvalue weighted by Gasteiger charge is 2.16. The molecule has 7 nitrogen and oxygen atoms in total. The summed E-state index contributed by atoms with van der Waals surface area (Å²) in [6.45, 7) is 4.77. The summed E-state index contributed by atoms with van der Waals surface area (Å²) in [4.78, 5) is 19.4. The Morgan fingerprint density at radius 3 is 2.67 bits per heavy atom. The lowest BCUT2D eigenvalue weighted by Gasteiger charge is -2.28. The highest BCUT2D eigenvalue weighted by atomic mass is 16.1. The molecule has 1 amide bonds. The smallest absolute Gasteiger partial charge is 0.258 e. The second kappa shape index (κ2) is 7.68. The van der Waals surface area contributed by atoms with Crippen molar-refractivity contribution in [3.8, 4) is 0 Å². The van der Waals surface area contributed by atoms with E-state index in [0.717, 1.165) is 31.7 Å². The van der Waals surface area contributed by atoms with Crippen molar-refractivity contribution in [2.75, 3.05) is 11.9 Å². The fourth-order valence-electron chi connectivity index (χ4n) is 3.84. The minimum absolute atomic E-state index is 0.219. The van der Waals surface area contributed by atoms with Crippen LogP contribution >= 0.6 is 0 Å². The Morgan fingerprint density at radius 1 is 1.03 bits per heavy atom. The van der Waals surface area contributed by atoms with Crippen molar-refractivity contribution in [1.82, 2.24) is 24.5 Å². The standard InChI is InChI=1S/C23H22N6O/c1-16-10-13-29-22(24-16)26-27-23(29)25-21(30)19-8-6-17(7-9-19)14-28-12-11-18-4-2-3-5-20(18)15-28/h2-10,13H,11-12,14-15H2,1H3,(H,25,27,30). The van der Waals surface area contributed by atoms with Gasteiger partial charge in [0.25, 0.3) is 11.7 Å². The molecule has 5 rings (SSSR count). The Kier molecular flexibility index (Phi) is 4.72. The summed E-state index contributed by atoms with van der Waals surface area (Å²) in [5, 5.41) is 10.8. The Morgan fingerprint density at radius 2 is 1.83 bits per heavy atom. The van der Waals surface area contributed by atoms with E-state index in [1.54, 1.807) is 10.6 Å². The van der Waals surface area contributed by atoms with Gasteiger partial charge in [-0.1, -0.05) is 36.4 Å². The molecule has 2 aromatic carbocycles. The molecule has 0 saturated heterocycles. The number of nitrogens with one attached hydrogen (secondary N) is 1. The SMILES string of the molecule is Cc1ccn2c(NC(=O)c3ccc(CN4CCc5ccccc5C4)cc3)nnc2n1. The molecular formula is C23H22N6O. The zero-order chi connectivity index (χ0) is 20.5. The molecule has 30 heavy (non-hydrogen) atoms. The van der Waals surface area contributed by atoms with Crippen molar-refractivity contribution in [2.24, 2.45) is 0 Å². The Bertz CT molecular complexity index is 1210. The maximum Gasteiger partial charge on any atom is 0.258 e. The van der Waals surface area contributed by atoms with Crippen LogP contribution in [0.4, 0.5) is 5.95 Å². The highest BCUT2D eigenvalue weighted by molar-refractivity contribution is 6.03. The van der Waals surface area contributed by atoms with Crippen molar-refractivity contribution in [2.45, 2.75) is 26.4 Å². The van der Waals surface area contributed by atoms with Crippen molar-refractivity contribution in [1.29, 1.82) is 0 Å². The molecule has 0 fully saturated rings. The monoisotopic (exact) mass is 398 g/mol. The number of hydrogen-bond donors (Lipinski definition) is 1. The van der Waals surface area contributed by atoms with Gasteiger partial charge in [0.05, 0.1) is 0 Å². The van der Waals surface area contributed by atoms with Crippen molar-refractivity contribution in [3.05, 3.63) is 88.7 Å². The fourth-order valence-corrected chi connectivity index (χ4v) is 3.84. The molecule has 7 heteroatoms. The largest absolute Gasteiger partial charge is 0.294 e. The maximum atomic E-state index is 12.6. The zero-order valence-corrected chi connectivity index (χ0v) is 16.7. The van der Waals surface area contributed by atoms with E-state index >= 15 is 0 Å². The van der Waals surface area contributed by atoms with Gasteiger partial charge >= 0.3 is 0 Å². The molecular weight excluding hydrogens is 376 g/mol. The number of aromatic nitrogens is 4. The lowest BCUT2D eigenvalue weighted by molar-refractivity contribution is 0.102. The lowest BCUT2D eigenvalue weighted by Crippen LogP contribution is -2.29. The molecule has 4 aromatic rings. The highest BCUT2D eigenvalue weighted by Crippen LogP contribution is 2.20. The second-order valence-corrected chi connectivity index (χ2v) is 7.64. The van der Waals surface area contributed by atoms with Crippen LogP contribution in [0.5, 0.6) is 0 Å². The summed E-state index contributed by atoms with van der Waals surface area (Å²) in [5.74, 6) is 0.602. The van der Waals surface area contributed by atoms with E-state index in [1.807, 2.05) is 37.3 Å². The minimum atomic E-state index is -0.219. The molecule has 0 radical (unpaired) electrons. The predicted octanol–water partition coefficient (Wildman–Crippen LogP) is 3.24. The van der Waals surface area contributed by atoms with Gasteiger partial charge in [-0.15, -0.1) is 10.2 Å². The molecule has 0 atom stereocenters. The number of carbonyl (C=O) groups is 1. The van der Waals surface area contributed by atoms with E-state index in [4.69, 9.17) is 0 Å². The molecule has 0 unspecified atom stereocenters. The Balaban J connectivity index is 1.25. The number of amides is 1. The van der Waals surface area contributed by atoms with Crippen LogP contribution in [0.15, 0.2) is 60.8 Å². The number of carbonyl (C=O) groups excluding carboxylic acids is 1. The molecule has 1 aliphatic rings. The van der Waals surface area contributed by atoms with Crippen molar-refractivity contribution < 1.29 is 4.79 Å². The van der Waals surface area contributed by atoms with Gasteiger partial charge in [-0.05, 0) is 48.2 Å². The summed E-state index contributed by atoms with van der Waals surface area (Å²) in [7, 11) is 0. The molecule has 1 N–H and O–H groups in total. The lowest BCUT2D eigenvalue weighted by atomic mass is 9.99. The Hall–Kier alpha value is -3.58. The normalized spacial score (nSPS) is 13.9. The molecule has 150 valence electrons. The number of hydrogen-bond acceptors (Lipinski definition) is 5. The van der Waals surface area contributed by atoms with Crippen LogP contribution < -0.4 is 5.32 Å². The molecule has 0 saturated carbocycles. The number of nitrogens with zero attached hydrogens (tertiary/aromatic N) is 5.